The number of hydrogen-bond acceptors (Lipinski definition) is 5. The van der Waals surface area contributed by atoms with Crippen molar-refractivity contribution in [3.63, 3.8) is 0 Å². The van der Waals surface area contributed by atoms with E-state index in [9.17, 15) is 14.4 Å². The van der Waals surface area contributed by atoms with E-state index in [0.717, 1.165) is 25.3 Å². The van der Waals surface area contributed by atoms with Crippen molar-refractivity contribution in [1.82, 2.24) is 5.32 Å². The second kappa shape index (κ2) is 9.28. The fourth-order valence-electron chi connectivity index (χ4n) is 1.83. The molecular weight excluding hydrogens is 274 g/mol. The van der Waals surface area contributed by atoms with E-state index in [-0.39, 0.29) is 17.3 Å². The molecule has 1 fully saturated rings. The van der Waals surface area contributed by atoms with Crippen molar-refractivity contribution < 1.29 is 23.9 Å². The van der Waals surface area contributed by atoms with Crippen LogP contribution >= 0.6 is 0 Å². The Bertz CT molecular complexity index is 388. The van der Waals surface area contributed by atoms with Gasteiger partial charge < -0.3 is 14.8 Å². The topological polar surface area (TPSA) is 81.7 Å². The number of rotatable bonds is 10. The summed E-state index contributed by atoms with van der Waals surface area (Å²) in [6.45, 7) is 4.29. The summed E-state index contributed by atoms with van der Waals surface area (Å²) < 4.78 is 10.3. The Morgan fingerprint density at radius 1 is 1.29 bits per heavy atom. The minimum absolute atomic E-state index is 0.00498. The van der Waals surface area contributed by atoms with E-state index in [4.69, 9.17) is 9.47 Å². The second-order valence-corrected chi connectivity index (χ2v) is 5.56. The van der Waals surface area contributed by atoms with E-state index >= 15 is 0 Å². The van der Waals surface area contributed by atoms with Crippen LogP contribution in [0.15, 0.2) is 12.2 Å². The minimum Gasteiger partial charge on any atom is -0.465 e. The SMILES string of the molecule is CC1(COC(=O)CCCCCNC(=O)/C=C\C=O)COC1. The van der Waals surface area contributed by atoms with E-state index < -0.39 is 0 Å². The van der Waals surface area contributed by atoms with Crippen LogP contribution in [0, 0.1) is 5.41 Å². The number of esters is 1. The molecular formula is C15H23NO5. The number of nitrogens with one attached hydrogen (secondary N) is 1. The van der Waals surface area contributed by atoms with Gasteiger partial charge in [-0.25, -0.2) is 0 Å². The maximum Gasteiger partial charge on any atom is 0.305 e. The van der Waals surface area contributed by atoms with Gasteiger partial charge in [0.2, 0.25) is 5.91 Å². The molecule has 1 aliphatic heterocycles. The second-order valence-electron chi connectivity index (χ2n) is 5.56. The third-order valence-electron chi connectivity index (χ3n) is 3.17. The molecule has 1 rings (SSSR count). The van der Waals surface area contributed by atoms with Crippen LogP contribution in [0.2, 0.25) is 0 Å². The number of allylic oxidation sites excluding steroid dienone is 1. The summed E-state index contributed by atoms with van der Waals surface area (Å²) in [5.74, 6) is -0.460. The summed E-state index contributed by atoms with van der Waals surface area (Å²) in [6, 6.07) is 0. The zero-order valence-corrected chi connectivity index (χ0v) is 12.4. The van der Waals surface area contributed by atoms with Gasteiger partial charge in [0.25, 0.3) is 0 Å². The van der Waals surface area contributed by atoms with E-state index in [0.29, 0.717) is 39.1 Å². The van der Waals surface area contributed by atoms with Gasteiger partial charge in [-0.1, -0.05) is 13.3 Å². The van der Waals surface area contributed by atoms with Crippen molar-refractivity contribution in [2.75, 3.05) is 26.4 Å². The molecule has 21 heavy (non-hydrogen) atoms. The molecule has 1 heterocycles. The fraction of sp³-hybridized carbons (Fsp3) is 0.667. The van der Waals surface area contributed by atoms with Gasteiger partial charge in [0.05, 0.1) is 13.2 Å². The highest BCUT2D eigenvalue weighted by molar-refractivity contribution is 5.90. The number of carbonyl (C=O) groups excluding carboxylic acids is 3. The number of hydrogen-bond donors (Lipinski definition) is 1. The van der Waals surface area contributed by atoms with Crippen LogP contribution in [-0.4, -0.2) is 44.5 Å². The smallest absolute Gasteiger partial charge is 0.305 e. The van der Waals surface area contributed by atoms with Crippen molar-refractivity contribution in [3.8, 4) is 0 Å². The Hall–Kier alpha value is -1.69. The third kappa shape index (κ3) is 7.60. The van der Waals surface area contributed by atoms with Gasteiger partial charge in [0, 0.05) is 24.5 Å². The number of amides is 1. The van der Waals surface area contributed by atoms with E-state index in [1.807, 2.05) is 6.92 Å². The summed E-state index contributed by atoms with van der Waals surface area (Å²) in [7, 11) is 0. The van der Waals surface area contributed by atoms with Crippen LogP contribution in [0.25, 0.3) is 0 Å². The monoisotopic (exact) mass is 297 g/mol. The van der Waals surface area contributed by atoms with Gasteiger partial charge in [0.15, 0.2) is 0 Å². The quantitative estimate of drug-likeness (QED) is 0.281. The first-order chi connectivity index (χ1) is 10.1. The van der Waals surface area contributed by atoms with E-state index in [2.05, 4.69) is 5.32 Å². The van der Waals surface area contributed by atoms with Crippen LogP contribution in [0.5, 0.6) is 0 Å². The molecule has 0 atom stereocenters. The lowest BCUT2D eigenvalue weighted by Gasteiger charge is -2.37. The van der Waals surface area contributed by atoms with Gasteiger partial charge in [0.1, 0.15) is 12.9 Å². The maximum absolute atomic E-state index is 11.5. The predicted octanol–water partition coefficient (Wildman–Crippen LogP) is 0.998. The molecule has 1 N–H and O–H groups in total. The average molecular weight is 297 g/mol. The minimum atomic E-state index is -0.280. The molecule has 0 radical (unpaired) electrons. The first-order valence-corrected chi connectivity index (χ1v) is 7.19. The Kier molecular flexibility index (Phi) is 7.68. The van der Waals surface area contributed by atoms with Gasteiger partial charge in [-0.15, -0.1) is 0 Å². The fourth-order valence-corrected chi connectivity index (χ4v) is 1.83. The summed E-state index contributed by atoms with van der Waals surface area (Å²) in [5, 5.41) is 2.65. The summed E-state index contributed by atoms with van der Waals surface area (Å²) in [6.07, 6.45) is 5.67. The molecule has 0 aliphatic carbocycles. The molecule has 6 nitrogen and oxygen atoms in total. The molecule has 0 spiro atoms. The third-order valence-corrected chi connectivity index (χ3v) is 3.17. The van der Waals surface area contributed by atoms with Crippen LogP contribution < -0.4 is 5.32 Å². The van der Waals surface area contributed by atoms with E-state index in [1.165, 1.54) is 6.08 Å². The van der Waals surface area contributed by atoms with Gasteiger partial charge in [-0.05, 0) is 18.9 Å². The number of ether oxygens (including phenoxy) is 2. The lowest BCUT2D eigenvalue weighted by atomic mass is 9.90. The molecule has 1 saturated heterocycles. The molecule has 0 saturated carbocycles. The van der Waals surface area contributed by atoms with Crippen molar-refractivity contribution in [1.29, 1.82) is 0 Å². The van der Waals surface area contributed by atoms with Gasteiger partial charge in [-0.2, -0.15) is 0 Å². The number of aldehydes is 1. The molecule has 1 aliphatic rings. The molecule has 118 valence electrons. The van der Waals surface area contributed by atoms with Crippen LogP contribution in [0.1, 0.15) is 32.6 Å². The first kappa shape index (κ1) is 17.4. The molecule has 6 heteroatoms. The molecule has 1 amide bonds. The Balaban J connectivity index is 1.93. The Morgan fingerprint density at radius 3 is 2.67 bits per heavy atom. The highest BCUT2D eigenvalue weighted by atomic mass is 16.5. The molecule has 0 bridgehead atoms. The summed E-state index contributed by atoms with van der Waals surface area (Å²) in [4.78, 5) is 32.6. The zero-order valence-electron chi connectivity index (χ0n) is 12.4. The normalized spacial score (nSPS) is 16.2. The van der Waals surface area contributed by atoms with Crippen LogP contribution in [0.4, 0.5) is 0 Å². The van der Waals surface area contributed by atoms with Crippen molar-refractivity contribution in [2.24, 2.45) is 5.41 Å². The number of unbranched alkanes of at least 4 members (excludes halogenated alkanes) is 2. The van der Waals surface area contributed by atoms with Crippen LogP contribution in [-0.2, 0) is 23.9 Å². The molecule has 0 aromatic rings. The van der Waals surface area contributed by atoms with Gasteiger partial charge >= 0.3 is 5.97 Å². The molecule has 0 unspecified atom stereocenters. The highest BCUT2D eigenvalue weighted by Gasteiger charge is 2.34. The standard InChI is InChI=1S/C15H23NO5/c1-15(10-20-11-15)12-21-14(19)7-3-2-4-8-16-13(18)6-5-9-17/h5-6,9H,2-4,7-8,10-12H2,1H3,(H,16,18)/b6-5-. The van der Waals surface area contributed by atoms with Gasteiger partial charge in [-0.3, -0.25) is 14.4 Å². The Morgan fingerprint density at radius 2 is 2.05 bits per heavy atom. The predicted molar refractivity (Wildman–Crippen MR) is 76.6 cm³/mol. The Labute approximate surface area is 124 Å². The van der Waals surface area contributed by atoms with Crippen LogP contribution in [0.3, 0.4) is 0 Å². The summed E-state index contributed by atoms with van der Waals surface area (Å²) >= 11 is 0. The van der Waals surface area contributed by atoms with E-state index in [1.54, 1.807) is 0 Å². The zero-order chi connectivity index (χ0) is 15.6. The molecule has 0 aromatic carbocycles. The van der Waals surface area contributed by atoms with Crippen molar-refractivity contribution >= 4 is 18.2 Å². The van der Waals surface area contributed by atoms with Crippen molar-refractivity contribution in [2.45, 2.75) is 32.6 Å². The lowest BCUT2D eigenvalue weighted by molar-refractivity contribution is -0.165. The average Bonchev–Trinajstić information content (AvgIpc) is 2.44. The lowest BCUT2D eigenvalue weighted by Crippen LogP contribution is -2.44. The number of carbonyl (C=O) groups is 3. The van der Waals surface area contributed by atoms with Crippen molar-refractivity contribution in [3.05, 3.63) is 12.2 Å². The first-order valence-electron chi connectivity index (χ1n) is 7.19. The highest BCUT2D eigenvalue weighted by Crippen LogP contribution is 2.26. The maximum atomic E-state index is 11.5. The largest absolute Gasteiger partial charge is 0.465 e. The summed E-state index contributed by atoms with van der Waals surface area (Å²) in [5.41, 5.74) is -0.00498. The molecule has 0 aromatic heterocycles.